The van der Waals surface area contributed by atoms with Crippen molar-refractivity contribution < 1.29 is 14.3 Å². The van der Waals surface area contributed by atoms with Gasteiger partial charge < -0.3 is 4.74 Å². The Labute approximate surface area is 267 Å². The van der Waals surface area contributed by atoms with Crippen LogP contribution in [0.3, 0.4) is 0 Å². The first-order valence-corrected chi connectivity index (χ1v) is 18.4. The Morgan fingerprint density at radius 1 is 1.05 bits per heavy atom. The number of methoxy groups -OCH3 is 1. The first kappa shape index (κ1) is 34.5. The summed E-state index contributed by atoms with van der Waals surface area (Å²) in [7, 11) is 0.853. The third-order valence-electron chi connectivity index (χ3n) is 12.2. The van der Waals surface area contributed by atoms with Crippen molar-refractivity contribution in [2.75, 3.05) is 13.3 Å². The van der Waals surface area contributed by atoms with E-state index in [0.717, 1.165) is 56.0 Å². The van der Waals surface area contributed by atoms with Gasteiger partial charge in [0.1, 0.15) is 0 Å². The third-order valence-corrected chi connectivity index (χ3v) is 16.0. The molecule has 6 nitrogen and oxygen atoms in total. The Hall–Kier alpha value is -2.38. The van der Waals surface area contributed by atoms with E-state index >= 15 is 0 Å². The second-order valence-corrected chi connectivity index (χ2v) is 17.7. The zero-order valence-corrected chi connectivity index (χ0v) is 29.7. The number of allylic oxidation sites excluding steroid dienone is 5. The van der Waals surface area contributed by atoms with Crippen molar-refractivity contribution in [1.82, 2.24) is 0 Å². The molecule has 240 valence electrons. The Morgan fingerprint density at radius 2 is 1.70 bits per heavy atom. The summed E-state index contributed by atoms with van der Waals surface area (Å²) in [6, 6.07) is 2.44. The van der Waals surface area contributed by atoms with Crippen LogP contribution in [0, 0.1) is 45.8 Å². The number of ether oxygens (including phenoxy) is 1. The lowest BCUT2D eigenvalue weighted by molar-refractivity contribution is -0.137. The highest BCUT2D eigenvalue weighted by atomic mass is 31.1. The van der Waals surface area contributed by atoms with Gasteiger partial charge in [0.15, 0.2) is 11.5 Å². The van der Waals surface area contributed by atoms with Gasteiger partial charge in [0.2, 0.25) is 0 Å². The molecule has 0 aromatic rings. The highest BCUT2D eigenvalue weighted by Gasteiger charge is 2.64. The van der Waals surface area contributed by atoms with Gasteiger partial charge in [-0.1, -0.05) is 76.0 Å². The third kappa shape index (κ3) is 5.10. The molecular weight excluding hydrogens is 565 g/mol. The van der Waals surface area contributed by atoms with E-state index < -0.39 is 13.9 Å². The Balaban J connectivity index is 0.00000106. The van der Waals surface area contributed by atoms with Gasteiger partial charge in [-0.05, 0) is 97.4 Å². The summed E-state index contributed by atoms with van der Waals surface area (Å²) < 4.78 is 4.88. The number of nitrogens with zero attached hydrogens (tertiary/aromatic N) is 3. The van der Waals surface area contributed by atoms with E-state index in [9.17, 15) is 14.9 Å². The van der Waals surface area contributed by atoms with E-state index in [1.165, 1.54) is 12.7 Å². The fraction of sp³-hybridized carbons (Fsp3) is 0.703. The molecule has 0 aromatic carbocycles. The lowest BCUT2D eigenvalue weighted by atomic mass is 9.44. The number of carbonyl (C=O) groups excluding carboxylic acids is 2. The molecule has 3 aliphatic heterocycles. The van der Waals surface area contributed by atoms with Crippen molar-refractivity contribution in [3.05, 3.63) is 35.5 Å². The van der Waals surface area contributed by atoms with Crippen LogP contribution in [0.15, 0.2) is 45.7 Å². The van der Waals surface area contributed by atoms with Crippen LogP contribution >= 0.6 is 7.92 Å². The van der Waals surface area contributed by atoms with E-state index in [1.54, 1.807) is 0 Å². The van der Waals surface area contributed by atoms with E-state index in [4.69, 9.17) is 4.74 Å². The van der Waals surface area contributed by atoms with E-state index in [1.807, 2.05) is 33.8 Å². The van der Waals surface area contributed by atoms with Crippen LogP contribution in [0.2, 0.25) is 0 Å². The van der Waals surface area contributed by atoms with E-state index in [0.29, 0.717) is 35.3 Å². The molecule has 0 aromatic heterocycles. The zero-order valence-electron chi connectivity index (χ0n) is 28.8. The minimum Gasteiger partial charge on any atom is -0.464 e. The number of hydrogen-bond acceptors (Lipinski definition) is 6. The summed E-state index contributed by atoms with van der Waals surface area (Å²) in [5, 5.41) is 18.2. The molecule has 0 radical (unpaired) electrons. The van der Waals surface area contributed by atoms with E-state index in [2.05, 4.69) is 63.5 Å². The molecule has 3 fully saturated rings. The Bertz CT molecular complexity index is 1380. The summed E-state index contributed by atoms with van der Waals surface area (Å²) in [4.78, 5) is 26.4. The largest absolute Gasteiger partial charge is 0.464 e. The minimum absolute atomic E-state index is 0.0113. The van der Waals surface area contributed by atoms with Crippen molar-refractivity contribution >= 4 is 31.1 Å². The van der Waals surface area contributed by atoms with E-state index in [-0.39, 0.29) is 33.0 Å². The molecule has 0 spiro atoms. The lowest BCUT2D eigenvalue weighted by Gasteiger charge is -2.65. The molecule has 3 heterocycles. The van der Waals surface area contributed by atoms with Gasteiger partial charge in [0.25, 0.3) is 0 Å². The Kier molecular flexibility index (Phi) is 9.74. The second-order valence-electron chi connectivity index (χ2n) is 14.3. The van der Waals surface area contributed by atoms with Gasteiger partial charge in [-0.15, -0.1) is 5.10 Å². The van der Waals surface area contributed by atoms with Crippen LogP contribution in [0.5, 0.6) is 0 Å². The van der Waals surface area contributed by atoms with Gasteiger partial charge >= 0.3 is 5.97 Å². The number of ketones is 1. The summed E-state index contributed by atoms with van der Waals surface area (Å²) in [6.07, 6.45) is 12.2. The maximum atomic E-state index is 14.3. The molecule has 44 heavy (non-hydrogen) atoms. The molecule has 0 N–H and O–H groups in total. The predicted octanol–water partition coefficient (Wildman–Crippen LogP) is 8.82. The number of hydrogen-bond donors (Lipinski definition) is 0. The first-order valence-electron chi connectivity index (χ1n) is 16.9. The SMILES string of the molecule is C=C1C(C#N)=CC2(C)C3=CC(=O)C4C5CC(C6=NN=C(C(=O)OC)C6)CCC5(C)CCC4C3(C)CCP2C1(C)C.CC.CC. The van der Waals surface area contributed by atoms with Crippen LogP contribution in [-0.4, -0.2) is 46.8 Å². The number of nitriles is 1. The van der Waals surface area contributed by atoms with Gasteiger partial charge in [-0.25, -0.2) is 4.79 Å². The first-order chi connectivity index (χ1) is 20.8. The number of carbonyl (C=O) groups is 2. The smallest absolute Gasteiger partial charge is 0.354 e. The lowest BCUT2D eigenvalue weighted by Crippen LogP contribution is -2.58. The molecule has 0 bridgehead atoms. The molecule has 0 amide bonds. The Morgan fingerprint density at radius 3 is 2.34 bits per heavy atom. The van der Waals surface area contributed by atoms with Crippen LogP contribution in [-0.2, 0) is 14.3 Å². The fourth-order valence-electron chi connectivity index (χ4n) is 9.82. The molecule has 2 saturated carbocycles. The molecule has 8 unspecified atom stereocenters. The van der Waals surface area contributed by atoms with Crippen LogP contribution in [0.1, 0.15) is 107 Å². The molecule has 6 aliphatic rings. The zero-order chi connectivity index (χ0) is 32.8. The summed E-state index contributed by atoms with van der Waals surface area (Å²) in [5.41, 5.74) is 4.38. The van der Waals surface area contributed by atoms with Crippen LogP contribution < -0.4 is 0 Å². The highest BCUT2D eigenvalue weighted by Crippen LogP contribution is 2.76. The average molecular weight is 620 g/mol. The predicted molar refractivity (Wildman–Crippen MR) is 182 cm³/mol. The summed E-state index contributed by atoms with van der Waals surface area (Å²) in [6.45, 7) is 24.0. The van der Waals surface area contributed by atoms with Gasteiger partial charge in [0.05, 0.1) is 18.8 Å². The fourth-order valence-corrected chi connectivity index (χ4v) is 14.0. The number of fused-ring (bicyclic) bond motifs is 7. The summed E-state index contributed by atoms with van der Waals surface area (Å²) >= 11 is 0. The maximum Gasteiger partial charge on any atom is 0.354 e. The average Bonchev–Trinajstić information content (AvgIpc) is 3.51. The normalized spacial score (nSPS) is 39.8. The second kappa shape index (κ2) is 12.4. The van der Waals surface area contributed by atoms with Crippen molar-refractivity contribution in [2.45, 2.75) is 118 Å². The standard InChI is InChI=1S/C33H42N3O3P.2C2H6/c1-19-21(18-34)17-33(6)27-16-26(37)28-22(32(27,5)12-13-40(33)30(19,2)3)9-11-31(4)10-8-20(14-23(28)31)24-15-25(36-35-24)29(38)39-7;2*1-2/h16-17,20,22-23,28H,1,8-15H2,2-7H3;2*1-2H3. The number of rotatable bonds is 2. The van der Waals surface area contributed by atoms with Crippen molar-refractivity contribution in [1.29, 1.82) is 5.26 Å². The topological polar surface area (TPSA) is 91.9 Å². The van der Waals surface area contributed by atoms with Gasteiger partial charge in [-0.2, -0.15) is 10.4 Å². The molecule has 6 rings (SSSR count). The van der Waals surface area contributed by atoms with Gasteiger partial charge in [-0.3, -0.25) is 4.79 Å². The van der Waals surface area contributed by atoms with Crippen molar-refractivity contribution in [3.8, 4) is 6.07 Å². The monoisotopic (exact) mass is 619 g/mol. The minimum atomic E-state index is -0.526. The highest BCUT2D eigenvalue weighted by molar-refractivity contribution is 7.62. The van der Waals surface area contributed by atoms with Crippen molar-refractivity contribution in [3.63, 3.8) is 0 Å². The molecular formula is C37H54N3O3P. The van der Waals surface area contributed by atoms with Crippen molar-refractivity contribution in [2.24, 2.45) is 44.7 Å². The molecule has 1 saturated heterocycles. The molecule has 8 atom stereocenters. The van der Waals surface area contributed by atoms with Crippen LogP contribution in [0.4, 0.5) is 0 Å². The van der Waals surface area contributed by atoms with Crippen LogP contribution in [0.25, 0.3) is 0 Å². The molecule has 7 heteroatoms. The number of esters is 1. The quantitative estimate of drug-likeness (QED) is 0.228. The van der Waals surface area contributed by atoms with Gasteiger partial charge in [0, 0.05) is 28.4 Å². The molecule has 3 aliphatic carbocycles. The summed E-state index contributed by atoms with van der Waals surface area (Å²) in [5.74, 6) is 0.750. The maximum absolute atomic E-state index is 14.3.